The molecule has 2 heterocycles. The summed E-state index contributed by atoms with van der Waals surface area (Å²) in [6.45, 7) is 3.96. The zero-order valence-electron chi connectivity index (χ0n) is 10.7. The van der Waals surface area contributed by atoms with Crippen LogP contribution in [0, 0.1) is 6.92 Å². The van der Waals surface area contributed by atoms with E-state index in [1.165, 1.54) is 15.0 Å². The van der Waals surface area contributed by atoms with Crippen LogP contribution in [0.5, 0.6) is 0 Å². The minimum atomic E-state index is 0.0867. The fraction of sp³-hybridized carbons (Fsp3) is 0.214. The van der Waals surface area contributed by atoms with E-state index >= 15 is 0 Å². The van der Waals surface area contributed by atoms with E-state index in [0.29, 0.717) is 10.8 Å². The molecule has 0 radical (unpaired) electrons. The number of aryl methyl sites for hydroxylation is 1. The Balaban J connectivity index is 2.07. The summed E-state index contributed by atoms with van der Waals surface area (Å²) in [5.74, 6) is 0.532. The van der Waals surface area contributed by atoms with Gasteiger partial charge in [0.05, 0.1) is 11.7 Å². The molecule has 0 bridgehead atoms. The molecule has 1 unspecified atom stereocenters. The van der Waals surface area contributed by atoms with Gasteiger partial charge in [0, 0.05) is 9.58 Å². The topological polar surface area (TPSA) is 43.8 Å². The fourth-order valence-electron chi connectivity index (χ4n) is 2.17. The minimum absolute atomic E-state index is 0.0867. The van der Waals surface area contributed by atoms with Gasteiger partial charge in [0.2, 0.25) is 0 Å². The molecule has 3 aromatic rings. The summed E-state index contributed by atoms with van der Waals surface area (Å²) >= 11 is 7.87. The lowest BCUT2D eigenvalue weighted by Crippen LogP contribution is -2.10. The summed E-state index contributed by atoms with van der Waals surface area (Å²) in [6, 6.07) is 10.6. The number of hydrogen-bond donors (Lipinski definition) is 1. The van der Waals surface area contributed by atoms with Crippen LogP contribution in [0.3, 0.4) is 0 Å². The number of halogens is 1. The Bertz CT molecular complexity index is 711. The Morgan fingerprint density at radius 3 is 2.74 bits per heavy atom. The molecule has 19 heavy (non-hydrogen) atoms. The third-order valence-corrected chi connectivity index (χ3v) is 5.02. The molecule has 0 aliphatic heterocycles. The van der Waals surface area contributed by atoms with E-state index in [9.17, 15) is 0 Å². The zero-order chi connectivity index (χ0) is 13.6. The highest BCUT2D eigenvalue weighted by molar-refractivity contribution is 7.19. The SMILES string of the molecule is Cc1nn(C(C)c2cc3ccccc3s2)c(N)c1Cl. The largest absolute Gasteiger partial charge is 0.383 e. The molecule has 0 fully saturated rings. The van der Waals surface area contributed by atoms with Gasteiger partial charge in [-0.1, -0.05) is 29.8 Å². The molecule has 0 spiro atoms. The van der Waals surface area contributed by atoms with Crippen molar-refractivity contribution in [3.63, 3.8) is 0 Å². The number of aromatic nitrogens is 2. The average Bonchev–Trinajstić information content (AvgIpc) is 2.95. The van der Waals surface area contributed by atoms with Crippen molar-refractivity contribution in [2.75, 3.05) is 5.73 Å². The summed E-state index contributed by atoms with van der Waals surface area (Å²) in [5.41, 5.74) is 6.78. The summed E-state index contributed by atoms with van der Waals surface area (Å²) in [5, 5.41) is 6.22. The Morgan fingerprint density at radius 2 is 2.11 bits per heavy atom. The minimum Gasteiger partial charge on any atom is -0.383 e. The van der Waals surface area contributed by atoms with Gasteiger partial charge in [0.15, 0.2) is 0 Å². The number of benzene rings is 1. The molecule has 0 aliphatic rings. The van der Waals surface area contributed by atoms with Crippen LogP contribution in [0.2, 0.25) is 5.02 Å². The second kappa shape index (κ2) is 4.54. The van der Waals surface area contributed by atoms with Crippen molar-refractivity contribution in [3.8, 4) is 0 Å². The highest BCUT2D eigenvalue weighted by Crippen LogP contribution is 2.34. The molecule has 1 atom stereocenters. The van der Waals surface area contributed by atoms with E-state index < -0.39 is 0 Å². The summed E-state index contributed by atoms with van der Waals surface area (Å²) < 4.78 is 3.07. The second-order valence-corrected chi connectivity index (χ2v) is 6.09. The molecule has 0 amide bonds. The number of nitrogen functional groups attached to an aromatic ring is 1. The van der Waals surface area contributed by atoms with Crippen LogP contribution in [0.1, 0.15) is 23.5 Å². The van der Waals surface area contributed by atoms with Crippen molar-refractivity contribution in [1.29, 1.82) is 0 Å². The molecule has 5 heteroatoms. The van der Waals surface area contributed by atoms with Crippen molar-refractivity contribution in [1.82, 2.24) is 9.78 Å². The normalized spacial score (nSPS) is 13.0. The fourth-order valence-corrected chi connectivity index (χ4v) is 3.40. The Labute approximate surface area is 120 Å². The van der Waals surface area contributed by atoms with Crippen molar-refractivity contribution < 1.29 is 0 Å². The summed E-state index contributed by atoms with van der Waals surface area (Å²) in [7, 11) is 0. The number of rotatable bonds is 2. The van der Waals surface area contributed by atoms with Crippen LogP contribution < -0.4 is 5.73 Å². The van der Waals surface area contributed by atoms with Crippen LogP contribution in [-0.4, -0.2) is 9.78 Å². The van der Waals surface area contributed by atoms with Gasteiger partial charge >= 0.3 is 0 Å². The van der Waals surface area contributed by atoms with Gasteiger partial charge in [-0.05, 0) is 31.4 Å². The maximum atomic E-state index is 6.10. The van der Waals surface area contributed by atoms with Crippen molar-refractivity contribution in [2.24, 2.45) is 0 Å². The lowest BCUT2D eigenvalue weighted by molar-refractivity contribution is 0.577. The lowest BCUT2D eigenvalue weighted by atomic mass is 10.2. The number of hydrogen-bond acceptors (Lipinski definition) is 3. The van der Waals surface area contributed by atoms with Gasteiger partial charge < -0.3 is 5.73 Å². The number of nitrogens with zero attached hydrogens (tertiary/aromatic N) is 2. The standard InChI is InChI=1S/C14H14ClN3S/c1-8-13(15)14(16)18(17-8)9(2)12-7-10-5-3-4-6-11(10)19-12/h3-7,9H,16H2,1-2H3. The van der Waals surface area contributed by atoms with Crippen LogP contribution in [-0.2, 0) is 0 Å². The smallest absolute Gasteiger partial charge is 0.141 e. The highest BCUT2D eigenvalue weighted by Gasteiger charge is 2.18. The van der Waals surface area contributed by atoms with Gasteiger partial charge in [0.25, 0.3) is 0 Å². The van der Waals surface area contributed by atoms with Gasteiger partial charge in [-0.15, -0.1) is 11.3 Å². The number of nitrogens with two attached hydrogens (primary N) is 1. The van der Waals surface area contributed by atoms with Crippen LogP contribution in [0.25, 0.3) is 10.1 Å². The van der Waals surface area contributed by atoms with E-state index in [2.05, 4.69) is 36.3 Å². The first-order valence-corrected chi connectivity index (χ1v) is 7.26. The molecule has 0 saturated heterocycles. The molecule has 1 aromatic carbocycles. The average molecular weight is 292 g/mol. The molecule has 3 rings (SSSR count). The molecular formula is C14H14ClN3S. The number of anilines is 1. The molecule has 0 saturated carbocycles. The van der Waals surface area contributed by atoms with Crippen molar-refractivity contribution in [3.05, 3.63) is 45.9 Å². The van der Waals surface area contributed by atoms with E-state index in [-0.39, 0.29) is 6.04 Å². The zero-order valence-corrected chi connectivity index (χ0v) is 12.3. The first-order valence-electron chi connectivity index (χ1n) is 6.06. The Morgan fingerprint density at radius 1 is 1.37 bits per heavy atom. The van der Waals surface area contributed by atoms with Crippen molar-refractivity contribution >= 4 is 38.8 Å². The monoisotopic (exact) mass is 291 g/mol. The Kier molecular flexibility index (Phi) is 2.99. The summed E-state index contributed by atoms with van der Waals surface area (Å²) in [6.07, 6.45) is 0. The molecule has 0 aliphatic carbocycles. The van der Waals surface area contributed by atoms with E-state index in [4.69, 9.17) is 17.3 Å². The third kappa shape index (κ3) is 2.01. The van der Waals surface area contributed by atoms with Gasteiger partial charge in [-0.25, -0.2) is 4.68 Å². The van der Waals surface area contributed by atoms with Crippen LogP contribution in [0.4, 0.5) is 5.82 Å². The predicted molar refractivity (Wildman–Crippen MR) is 82.0 cm³/mol. The van der Waals surface area contributed by atoms with E-state index in [1.54, 1.807) is 16.0 Å². The predicted octanol–water partition coefficient (Wildman–Crippen LogP) is 4.25. The second-order valence-electron chi connectivity index (χ2n) is 4.59. The molecule has 2 aromatic heterocycles. The van der Waals surface area contributed by atoms with Gasteiger partial charge in [0.1, 0.15) is 10.8 Å². The first kappa shape index (κ1) is 12.5. The quantitative estimate of drug-likeness (QED) is 0.767. The molecular weight excluding hydrogens is 278 g/mol. The van der Waals surface area contributed by atoms with Crippen molar-refractivity contribution in [2.45, 2.75) is 19.9 Å². The molecule has 2 N–H and O–H groups in total. The molecule has 98 valence electrons. The van der Waals surface area contributed by atoms with Crippen LogP contribution >= 0.6 is 22.9 Å². The van der Waals surface area contributed by atoms with Gasteiger partial charge in [-0.2, -0.15) is 5.10 Å². The number of thiophene rings is 1. The highest BCUT2D eigenvalue weighted by atomic mass is 35.5. The third-order valence-electron chi connectivity index (χ3n) is 3.27. The number of fused-ring (bicyclic) bond motifs is 1. The first-order chi connectivity index (χ1) is 9.08. The van der Waals surface area contributed by atoms with E-state index in [1.807, 2.05) is 13.0 Å². The lowest BCUT2D eigenvalue weighted by Gasteiger charge is -2.11. The Hall–Kier alpha value is -1.52. The maximum absolute atomic E-state index is 6.10. The van der Waals surface area contributed by atoms with E-state index in [0.717, 1.165) is 5.69 Å². The summed E-state index contributed by atoms with van der Waals surface area (Å²) in [4.78, 5) is 1.23. The van der Waals surface area contributed by atoms with Crippen LogP contribution in [0.15, 0.2) is 30.3 Å². The van der Waals surface area contributed by atoms with Gasteiger partial charge in [-0.3, -0.25) is 0 Å². The molecule has 3 nitrogen and oxygen atoms in total. The maximum Gasteiger partial charge on any atom is 0.141 e.